The van der Waals surface area contributed by atoms with Crippen molar-refractivity contribution in [2.45, 2.75) is 27.3 Å². The highest BCUT2D eigenvalue weighted by molar-refractivity contribution is 5.62. The number of nitro benzene ring substituents is 1. The Morgan fingerprint density at radius 1 is 1.40 bits per heavy atom. The van der Waals surface area contributed by atoms with Crippen LogP contribution in [0.25, 0.3) is 0 Å². The van der Waals surface area contributed by atoms with Gasteiger partial charge < -0.3 is 5.32 Å². The molecule has 7 nitrogen and oxygen atoms in total. The van der Waals surface area contributed by atoms with Gasteiger partial charge in [0.25, 0.3) is 5.69 Å². The van der Waals surface area contributed by atoms with Crippen LogP contribution in [-0.4, -0.2) is 26.2 Å². The van der Waals surface area contributed by atoms with Gasteiger partial charge in [0, 0.05) is 12.6 Å². The van der Waals surface area contributed by atoms with Gasteiger partial charge in [-0.1, -0.05) is 6.07 Å². The Kier molecular flexibility index (Phi) is 3.97. The van der Waals surface area contributed by atoms with E-state index in [0.717, 1.165) is 17.2 Å². The maximum atomic E-state index is 11.0. The second-order valence-corrected chi connectivity index (χ2v) is 4.50. The Morgan fingerprint density at radius 3 is 2.70 bits per heavy atom. The highest BCUT2D eigenvalue weighted by atomic mass is 16.6. The van der Waals surface area contributed by atoms with Crippen molar-refractivity contribution in [3.05, 3.63) is 45.5 Å². The van der Waals surface area contributed by atoms with Crippen LogP contribution < -0.4 is 5.32 Å². The minimum Gasteiger partial charge on any atom is -0.380 e. The van der Waals surface area contributed by atoms with Crippen molar-refractivity contribution in [2.24, 2.45) is 0 Å². The summed E-state index contributed by atoms with van der Waals surface area (Å²) in [4.78, 5) is 14.8. The largest absolute Gasteiger partial charge is 0.380 e. The molecule has 0 spiro atoms. The first-order valence-electron chi connectivity index (χ1n) is 6.40. The SMILES string of the molecule is CCNc1cc(Cn2nc(C)nc2C)ccc1[N+](=O)[O-]. The van der Waals surface area contributed by atoms with E-state index >= 15 is 0 Å². The van der Waals surface area contributed by atoms with Crippen molar-refractivity contribution in [3.63, 3.8) is 0 Å². The average Bonchev–Trinajstić information content (AvgIpc) is 2.68. The van der Waals surface area contributed by atoms with Crippen molar-refractivity contribution >= 4 is 11.4 Å². The molecular weight excluding hydrogens is 258 g/mol. The van der Waals surface area contributed by atoms with Crippen LogP contribution in [0.4, 0.5) is 11.4 Å². The molecule has 2 rings (SSSR count). The number of nitro groups is 1. The molecule has 0 atom stereocenters. The first-order valence-corrected chi connectivity index (χ1v) is 6.40. The average molecular weight is 275 g/mol. The summed E-state index contributed by atoms with van der Waals surface area (Å²) in [5.41, 5.74) is 1.56. The number of benzene rings is 1. The van der Waals surface area contributed by atoms with Crippen LogP contribution in [0.5, 0.6) is 0 Å². The summed E-state index contributed by atoms with van der Waals surface area (Å²) in [7, 11) is 0. The summed E-state index contributed by atoms with van der Waals surface area (Å²) in [5, 5.41) is 18.3. The van der Waals surface area contributed by atoms with E-state index in [-0.39, 0.29) is 10.6 Å². The van der Waals surface area contributed by atoms with Crippen molar-refractivity contribution in [3.8, 4) is 0 Å². The van der Waals surface area contributed by atoms with Crippen LogP contribution in [0.3, 0.4) is 0 Å². The number of aromatic nitrogens is 3. The van der Waals surface area contributed by atoms with Gasteiger partial charge in [-0.25, -0.2) is 9.67 Å². The Morgan fingerprint density at radius 2 is 2.15 bits per heavy atom. The van der Waals surface area contributed by atoms with Crippen LogP contribution in [0, 0.1) is 24.0 Å². The minimum atomic E-state index is -0.382. The van der Waals surface area contributed by atoms with Crippen LogP contribution in [0.1, 0.15) is 24.1 Å². The third kappa shape index (κ3) is 2.93. The maximum absolute atomic E-state index is 11.0. The Balaban J connectivity index is 2.31. The van der Waals surface area contributed by atoms with E-state index < -0.39 is 0 Å². The van der Waals surface area contributed by atoms with Gasteiger partial charge in [0.15, 0.2) is 0 Å². The molecule has 0 unspecified atom stereocenters. The van der Waals surface area contributed by atoms with Gasteiger partial charge in [-0.05, 0) is 32.4 Å². The number of hydrogen-bond acceptors (Lipinski definition) is 5. The summed E-state index contributed by atoms with van der Waals surface area (Å²) in [6.07, 6.45) is 0. The van der Waals surface area contributed by atoms with E-state index in [9.17, 15) is 10.1 Å². The first kappa shape index (κ1) is 14.0. The second-order valence-electron chi connectivity index (χ2n) is 4.50. The third-order valence-electron chi connectivity index (χ3n) is 2.92. The van der Waals surface area contributed by atoms with Crippen molar-refractivity contribution < 1.29 is 4.92 Å². The van der Waals surface area contributed by atoms with Crippen molar-refractivity contribution in [1.82, 2.24) is 14.8 Å². The molecule has 0 aliphatic heterocycles. The number of rotatable bonds is 5. The zero-order chi connectivity index (χ0) is 14.7. The van der Waals surface area contributed by atoms with Gasteiger partial charge in [0.05, 0.1) is 11.5 Å². The predicted octanol–water partition coefficient (Wildman–Crippen LogP) is 2.28. The summed E-state index contributed by atoms with van der Waals surface area (Å²) >= 11 is 0. The van der Waals surface area contributed by atoms with Gasteiger partial charge in [-0.2, -0.15) is 5.10 Å². The maximum Gasteiger partial charge on any atom is 0.292 e. The smallest absolute Gasteiger partial charge is 0.292 e. The topological polar surface area (TPSA) is 85.9 Å². The fraction of sp³-hybridized carbons (Fsp3) is 0.385. The lowest BCUT2D eigenvalue weighted by Gasteiger charge is -2.08. The van der Waals surface area contributed by atoms with Gasteiger partial charge in [0.2, 0.25) is 0 Å². The molecule has 1 aromatic carbocycles. The molecule has 7 heteroatoms. The fourth-order valence-electron chi connectivity index (χ4n) is 2.06. The Hall–Kier alpha value is -2.44. The minimum absolute atomic E-state index is 0.0853. The second kappa shape index (κ2) is 5.68. The van der Waals surface area contributed by atoms with Crippen LogP contribution in [0.2, 0.25) is 0 Å². The number of aryl methyl sites for hydroxylation is 2. The van der Waals surface area contributed by atoms with Crippen LogP contribution >= 0.6 is 0 Å². The molecule has 0 amide bonds. The van der Waals surface area contributed by atoms with Gasteiger partial charge >= 0.3 is 0 Å². The molecule has 0 saturated heterocycles. The Bertz CT molecular complexity index is 636. The van der Waals surface area contributed by atoms with Gasteiger partial charge in [-0.3, -0.25) is 10.1 Å². The van der Waals surface area contributed by atoms with E-state index in [0.29, 0.717) is 18.8 Å². The number of anilines is 1. The number of nitrogens with zero attached hydrogens (tertiary/aromatic N) is 4. The van der Waals surface area contributed by atoms with Gasteiger partial charge in [-0.15, -0.1) is 0 Å². The molecular formula is C13H17N5O2. The van der Waals surface area contributed by atoms with E-state index in [4.69, 9.17) is 0 Å². The third-order valence-corrected chi connectivity index (χ3v) is 2.92. The number of nitrogens with one attached hydrogen (secondary N) is 1. The summed E-state index contributed by atoms with van der Waals surface area (Å²) in [6, 6.07) is 5.06. The molecule has 20 heavy (non-hydrogen) atoms. The molecule has 0 aliphatic carbocycles. The summed E-state index contributed by atoms with van der Waals surface area (Å²) in [5.74, 6) is 1.54. The zero-order valence-corrected chi connectivity index (χ0v) is 11.8. The van der Waals surface area contributed by atoms with E-state index in [1.165, 1.54) is 6.07 Å². The van der Waals surface area contributed by atoms with Gasteiger partial charge in [0.1, 0.15) is 17.3 Å². The van der Waals surface area contributed by atoms with Crippen LogP contribution in [0.15, 0.2) is 18.2 Å². The predicted molar refractivity (Wildman–Crippen MR) is 75.9 cm³/mol. The molecule has 0 fully saturated rings. The van der Waals surface area contributed by atoms with Crippen molar-refractivity contribution in [1.29, 1.82) is 0 Å². The highest BCUT2D eigenvalue weighted by Crippen LogP contribution is 2.25. The molecule has 0 radical (unpaired) electrons. The lowest BCUT2D eigenvalue weighted by atomic mass is 10.1. The normalized spacial score (nSPS) is 10.6. The quantitative estimate of drug-likeness (QED) is 0.668. The molecule has 0 aliphatic rings. The molecule has 106 valence electrons. The molecule has 1 heterocycles. The van der Waals surface area contributed by atoms with Crippen LogP contribution in [-0.2, 0) is 6.54 Å². The fourth-order valence-corrected chi connectivity index (χ4v) is 2.06. The number of hydrogen-bond donors (Lipinski definition) is 1. The zero-order valence-electron chi connectivity index (χ0n) is 11.8. The monoisotopic (exact) mass is 275 g/mol. The van der Waals surface area contributed by atoms with E-state index in [1.54, 1.807) is 16.8 Å². The molecule has 1 N–H and O–H groups in total. The van der Waals surface area contributed by atoms with E-state index in [1.807, 2.05) is 20.8 Å². The Labute approximate surface area is 116 Å². The highest BCUT2D eigenvalue weighted by Gasteiger charge is 2.14. The molecule has 0 bridgehead atoms. The van der Waals surface area contributed by atoms with E-state index in [2.05, 4.69) is 15.4 Å². The molecule has 0 saturated carbocycles. The lowest BCUT2D eigenvalue weighted by Crippen LogP contribution is -2.06. The lowest BCUT2D eigenvalue weighted by molar-refractivity contribution is -0.384. The summed E-state index contributed by atoms with van der Waals surface area (Å²) in [6.45, 7) is 6.80. The standard InChI is InChI=1S/C13H17N5O2/c1-4-14-12-7-11(5-6-13(12)18(19)20)8-17-10(3)15-9(2)16-17/h5-7,14H,4,8H2,1-3H3. The summed E-state index contributed by atoms with van der Waals surface area (Å²) < 4.78 is 1.78. The molecule has 1 aromatic heterocycles. The van der Waals surface area contributed by atoms with Crippen molar-refractivity contribution in [2.75, 3.05) is 11.9 Å². The molecule has 2 aromatic rings. The first-order chi connectivity index (χ1) is 9.51.